The van der Waals surface area contributed by atoms with Gasteiger partial charge in [0, 0.05) is 12.2 Å². The van der Waals surface area contributed by atoms with Gasteiger partial charge in [0.25, 0.3) is 0 Å². The number of rotatable bonds is 8. The molecule has 2 heteroatoms. The van der Waals surface area contributed by atoms with Gasteiger partial charge in [-0.15, -0.1) is 0 Å². The van der Waals surface area contributed by atoms with E-state index < -0.39 is 0 Å². The van der Waals surface area contributed by atoms with Crippen molar-refractivity contribution in [3.63, 3.8) is 0 Å². The molecule has 0 heterocycles. The first kappa shape index (κ1) is 24.0. The van der Waals surface area contributed by atoms with Gasteiger partial charge in [-0.2, -0.15) is 0 Å². The lowest BCUT2D eigenvalue weighted by atomic mass is 9.89. The van der Waals surface area contributed by atoms with Gasteiger partial charge in [-0.3, -0.25) is 4.99 Å². The topological polar surface area (TPSA) is 15.6 Å². The quantitative estimate of drug-likeness (QED) is 0.123. The number of fused-ring (bicyclic) bond motifs is 2. The molecule has 0 aliphatic heterocycles. The van der Waals surface area contributed by atoms with Crippen LogP contribution in [0.5, 0.6) is 0 Å². The summed E-state index contributed by atoms with van der Waals surface area (Å²) in [4.78, 5) is 6.38. The van der Waals surface area contributed by atoms with E-state index in [1.807, 2.05) is 24.3 Å². The third-order valence-electron chi connectivity index (χ3n) is 6.96. The Kier molecular flexibility index (Phi) is 6.83. The van der Waals surface area contributed by atoms with Crippen molar-refractivity contribution in [3.8, 4) is 11.1 Å². The van der Waals surface area contributed by atoms with Crippen LogP contribution in [-0.2, 0) is 6.54 Å². The van der Waals surface area contributed by atoms with E-state index in [1.165, 1.54) is 43.8 Å². The SMILES string of the molecule is C=C/C(N=C)=C(\C=C)N(Cc1ccc(-c2c3ccccc3c(C)c3ccccc23)cc1)c1ccccc1. The van der Waals surface area contributed by atoms with Crippen LogP contribution in [0.25, 0.3) is 32.7 Å². The summed E-state index contributed by atoms with van der Waals surface area (Å²) in [7, 11) is 0. The lowest BCUT2D eigenvalue weighted by Crippen LogP contribution is -2.22. The third kappa shape index (κ3) is 4.50. The van der Waals surface area contributed by atoms with Gasteiger partial charge in [0.1, 0.15) is 0 Å². The van der Waals surface area contributed by atoms with E-state index in [4.69, 9.17) is 0 Å². The number of aryl methyl sites for hydroxylation is 1. The lowest BCUT2D eigenvalue weighted by molar-refractivity contribution is 0.923. The molecule has 0 saturated heterocycles. The number of nitrogens with zero attached hydrogens (tertiary/aromatic N) is 2. The van der Waals surface area contributed by atoms with E-state index in [-0.39, 0.29) is 0 Å². The largest absolute Gasteiger partial charge is 0.335 e. The monoisotopic (exact) mass is 478 g/mol. The molecule has 2 nitrogen and oxygen atoms in total. The summed E-state index contributed by atoms with van der Waals surface area (Å²) >= 11 is 0. The maximum absolute atomic E-state index is 4.18. The Bertz CT molecular complexity index is 1570. The first-order valence-electron chi connectivity index (χ1n) is 12.4. The lowest BCUT2D eigenvalue weighted by Gasteiger charge is -2.27. The van der Waals surface area contributed by atoms with Gasteiger partial charge in [-0.1, -0.05) is 104 Å². The minimum atomic E-state index is 0.661. The fourth-order valence-electron chi connectivity index (χ4n) is 5.14. The molecule has 0 atom stereocenters. The standard InChI is InChI=1S/C35H30N2/c1-5-33(36-4)34(6-2)37(28-14-8-7-9-15-28)24-26-20-22-27(23-21-26)35-31-18-12-10-16-29(31)25(3)30-17-11-13-19-32(30)35/h5-23H,1-2,4,24H2,3H3/b34-33-. The Morgan fingerprint density at radius 3 is 1.76 bits per heavy atom. The highest BCUT2D eigenvalue weighted by Gasteiger charge is 2.16. The average molecular weight is 479 g/mol. The molecule has 0 amide bonds. The molecule has 0 aliphatic carbocycles. The zero-order valence-electron chi connectivity index (χ0n) is 21.2. The second-order valence-corrected chi connectivity index (χ2v) is 9.05. The van der Waals surface area contributed by atoms with Crippen LogP contribution in [0.2, 0.25) is 0 Å². The van der Waals surface area contributed by atoms with E-state index in [0.717, 1.165) is 11.4 Å². The summed E-state index contributed by atoms with van der Waals surface area (Å²) in [5.74, 6) is 0. The first-order valence-corrected chi connectivity index (χ1v) is 12.4. The van der Waals surface area contributed by atoms with Gasteiger partial charge in [0.15, 0.2) is 0 Å². The second-order valence-electron chi connectivity index (χ2n) is 9.05. The van der Waals surface area contributed by atoms with Gasteiger partial charge in [0.05, 0.1) is 11.4 Å². The smallest absolute Gasteiger partial charge is 0.0853 e. The van der Waals surface area contributed by atoms with Crippen molar-refractivity contribution < 1.29 is 0 Å². The van der Waals surface area contributed by atoms with Gasteiger partial charge in [0.2, 0.25) is 0 Å². The number of hydrogen-bond acceptors (Lipinski definition) is 2. The van der Waals surface area contributed by atoms with E-state index >= 15 is 0 Å². The molecule has 0 bridgehead atoms. The van der Waals surface area contributed by atoms with E-state index in [0.29, 0.717) is 12.2 Å². The molecule has 0 fully saturated rings. The third-order valence-corrected chi connectivity index (χ3v) is 6.96. The minimum absolute atomic E-state index is 0.661. The maximum atomic E-state index is 4.18. The van der Waals surface area contributed by atoms with Crippen LogP contribution in [0.1, 0.15) is 11.1 Å². The maximum Gasteiger partial charge on any atom is 0.0853 e. The van der Waals surface area contributed by atoms with Gasteiger partial charge < -0.3 is 4.90 Å². The zero-order valence-corrected chi connectivity index (χ0v) is 21.2. The summed E-state index contributed by atoms with van der Waals surface area (Å²) in [5, 5.41) is 5.15. The molecule has 0 radical (unpaired) electrons. The Morgan fingerprint density at radius 2 is 1.24 bits per heavy atom. The molecule has 0 spiro atoms. The Balaban J connectivity index is 1.60. The molecule has 0 unspecified atom stereocenters. The molecule has 0 aliphatic rings. The highest BCUT2D eigenvalue weighted by Crippen LogP contribution is 2.39. The molecule has 0 aromatic heterocycles. The van der Waals surface area contributed by atoms with Crippen molar-refractivity contribution in [2.45, 2.75) is 13.5 Å². The predicted molar refractivity (Wildman–Crippen MR) is 161 cm³/mol. The van der Waals surface area contributed by atoms with Crippen LogP contribution in [-0.4, -0.2) is 6.72 Å². The van der Waals surface area contributed by atoms with Crippen LogP contribution < -0.4 is 4.90 Å². The molecule has 5 aromatic carbocycles. The summed E-state index contributed by atoms with van der Waals surface area (Å²) < 4.78 is 0. The fourth-order valence-corrected chi connectivity index (χ4v) is 5.14. The second kappa shape index (κ2) is 10.5. The van der Waals surface area contributed by atoms with Crippen molar-refractivity contribution in [2.75, 3.05) is 4.90 Å². The number of hydrogen-bond donors (Lipinski definition) is 0. The molecule has 180 valence electrons. The van der Waals surface area contributed by atoms with Crippen LogP contribution in [0.4, 0.5) is 5.69 Å². The number of anilines is 1. The van der Waals surface area contributed by atoms with Crippen LogP contribution in [0, 0.1) is 6.92 Å². The molecule has 37 heavy (non-hydrogen) atoms. The van der Waals surface area contributed by atoms with Gasteiger partial charge in [-0.25, -0.2) is 0 Å². The summed E-state index contributed by atoms with van der Waals surface area (Å²) in [6.45, 7) is 14.6. The Labute approximate surface area is 219 Å². The normalized spacial score (nSPS) is 11.7. The Hall–Kier alpha value is -4.69. The van der Waals surface area contributed by atoms with Crippen molar-refractivity contribution >= 4 is 33.9 Å². The number of para-hydroxylation sites is 1. The van der Waals surface area contributed by atoms with E-state index in [9.17, 15) is 0 Å². The molecule has 5 rings (SSSR count). The highest BCUT2D eigenvalue weighted by molar-refractivity contribution is 6.14. The van der Waals surface area contributed by atoms with Crippen molar-refractivity contribution in [3.05, 3.63) is 151 Å². The summed E-state index contributed by atoms with van der Waals surface area (Å²) in [6.07, 6.45) is 3.54. The minimum Gasteiger partial charge on any atom is -0.335 e. The summed E-state index contributed by atoms with van der Waals surface area (Å²) in [5.41, 5.74) is 7.62. The van der Waals surface area contributed by atoms with Crippen LogP contribution in [0.3, 0.4) is 0 Å². The van der Waals surface area contributed by atoms with Gasteiger partial charge in [-0.05, 0) is 81.7 Å². The zero-order chi connectivity index (χ0) is 25.8. The number of allylic oxidation sites excluding steroid dienone is 2. The number of aliphatic imine (C=N–C) groups is 1. The van der Waals surface area contributed by atoms with Crippen molar-refractivity contribution in [1.29, 1.82) is 0 Å². The molecule has 0 N–H and O–H groups in total. The van der Waals surface area contributed by atoms with Gasteiger partial charge >= 0.3 is 0 Å². The summed E-state index contributed by atoms with van der Waals surface area (Å²) in [6, 6.07) is 36.6. The van der Waals surface area contributed by atoms with E-state index in [1.54, 1.807) is 6.08 Å². The van der Waals surface area contributed by atoms with Crippen molar-refractivity contribution in [2.24, 2.45) is 4.99 Å². The number of benzene rings is 5. The molecular formula is C35H30N2. The molecule has 5 aromatic rings. The molecular weight excluding hydrogens is 448 g/mol. The highest BCUT2D eigenvalue weighted by atomic mass is 15.1. The van der Waals surface area contributed by atoms with Crippen LogP contribution >= 0.6 is 0 Å². The molecule has 0 saturated carbocycles. The first-order chi connectivity index (χ1) is 18.2. The fraction of sp³-hybridized carbons (Fsp3) is 0.0571. The van der Waals surface area contributed by atoms with Crippen LogP contribution in [0.15, 0.2) is 145 Å². The average Bonchev–Trinajstić information content (AvgIpc) is 2.96. The van der Waals surface area contributed by atoms with E-state index in [2.05, 4.69) is 122 Å². The predicted octanol–water partition coefficient (Wildman–Crippen LogP) is 9.26. The Morgan fingerprint density at radius 1 is 0.703 bits per heavy atom. The van der Waals surface area contributed by atoms with Crippen molar-refractivity contribution in [1.82, 2.24) is 0 Å².